The van der Waals surface area contributed by atoms with E-state index in [1.165, 1.54) is 43.5 Å². The van der Waals surface area contributed by atoms with E-state index in [9.17, 15) is 34.2 Å². The molecule has 0 spiro atoms. The molecule has 2 aromatic heterocycles. The van der Waals surface area contributed by atoms with Gasteiger partial charge in [0.15, 0.2) is 25.1 Å². The number of nitrogens with zero attached hydrogens (tertiary/aromatic N) is 2. The van der Waals surface area contributed by atoms with Gasteiger partial charge in [0.1, 0.15) is 17.0 Å². The lowest BCUT2D eigenvalue weighted by atomic mass is 10.1. The fourth-order valence-corrected chi connectivity index (χ4v) is 5.67. The molecule has 4 aromatic rings. The van der Waals surface area contributed by atoms with E-state index in [1.807, 2.05) is 0 Å². The zero-order valence-electron chi connectivity index (χ0n) is 19.5. The van der Waals surface area contributed by atoms with Crippen LogP contribution in [0.15, 0.2) is 68.9 Å². The third-order valence-corrected chi connectivity index (χ3v) is 9.03. The van der Waals surface area contributed by atoms with Gasteiger partial charge in [0.05, 0.1) is 21.8 Å². The molecular formula is C22H18F3N3O7S3. The summed E-state index contributed by atoms with van der Waals surface area (Å²) in [5.74, 6) is -0.574. The third kappa shape index (κ3) is 5.37. The highest BCUT2D eigenvalue weighted by atomic mass is 32.2. The predicted molar refractivity (Wildman–Crippen MR) is 131 cm³/mol. The number of fused-ring (bicyclic) bond motifs is 1. The molecule has 0 aliphatic heterocycles. The van der Waals surface area contributed by atoms with Crippen molar-refractivity contribution >= 4 is 40.8 Å². The number of benzene rings is 2. The number of oxazole rings is 1. The molecule has 1 atom stereocenters. The van der Waals surface area contributed by atoms with Crippen molar-refractivity contribution in [3.63, 3.8) is 0 Å². The molecule has 1 unspecified atom stereocenters. The summed E-state index contributed by atoms with van der Waals surface area (Å²) in [6, 6.07) is 9.76. The number of pyridine rings is 1. The number of nitrogens with one attached hydrogen (secondary N) is 1. The molecule has 0 radical (unpaired) electrons. The molecule has 10 nitrogen and oxygen atoms in total. The highest BCUT2D eigenvalue weighted by Gasteiger charge is 2.43. The Morgan fingerprint density at radius 2 is 1.63 bits per heavy atom. The van der Waals surface area contributed by atoms with Gasteiger partial charge in [-0.2, -0.15) is 21.6 Å². The Labute approximate surface area is 215 Å². The van der Waals surface area contributed by atoms with Crippen LogP contribution >= 0.6 is 0 Å². The second kappa shape index (κ2) is 9.36. The highest BCUT2D eigenvalue weighted by Crippen LogP contribution is 2.35. The summed E-state index contributed by atoms with van der Waals surface area (Å²) in [4.78, 5) is 7.15. The van der Waals surface area contributed by atoms with Crippen molar-refractivity contribution in [2.75, 3.05) is 12.0 Å². The van der Waals surface area contributed by atoms with E-state index in [0.717, 1.165) is 24.5 Å². The quantitative estimate of drug-likeness (QED) is 0.304. The fourth-order valence-electron chi connectivity index (χ4n) is 3.35. The molecule has 0 amide bonds. The summed E-state index contributed by atoms with van der Waals surface area (Å²) in [5.41, 5.74) is -4.88. The topological polar surface area (TPSA) is 157 Å². The Hall–Kier alpha value is -3.50. The summed E-state index contributed by atoms with van der Waals surface area (Å²) >= 11 is 0. The van der Waals surface area contributed by atoms with E-state index in [2.05, 4.69) is 9.97 Å². The van der Waals surface area contributed by atoms with Gasteiger partial charge in [-0.15, -0.1) is 0 Å². The molecule has 2 aromatic carbocycles. The number of sulfone groups is 1. The lowest BCUT2D eigenvalue weighted by Gasteiger charge is -2.10. The molecule has 0 aliphatic carbocycles. The second-order valence-corrected chi connectivity index (χ2v) is 13.8. The molecule has 0 saturated carbocycles. The number of rotatable bonds is 7. The first kappa shape index (κ1) is 27.5. The van der Waals surface area contributed by atoms with Gasteiger partial charge >= 0.3 is 15.6 Å². The number of halogens is 3. The van der Waals surface area contributed by atoms with E-state index >= 15 is 0 Å². The lowest BCUT2D eigenvalue weighted by Crippen LogP contribution is -2.21. The van der Waals surface area contributed by atoms with E-state index in [-0.39, 0.29) is 39.1 Å². The minimum absolute atomic E-state index is 0.0340. The average Bonchev–Trinajstić information content (AvgIpc) is 3.26. The first-order valence-corrected chi connectivity index (χ1v) is 15.5. The number of alkyl halides is 3. The van der Waals surface area contributed by atoms with Gasteiger partial charge in [-0.1, -0.05) is 19.1 Å². The molecular weight excluding hydrogens is 571 g/mol. The minimum atomic E-state index is -5.30. The van der Waals surface area contributed by atoms with Crippen LogP contribution in [-0.2, 0) is 29.7 Å². The third-order valence-electron chi connectivity index (χ3n) is 5.22. The van der Waals surface area contributed by atoms with Gasteiger partial charge in [0, 0.05) is 11.8 Å². The Kier molecular flexibility index (Phi) is 6.78. The monoisotopic (exact) mass is 589 g/mol. The summed E-state index contributed by atoms with van der Waals surface area (Å²) < 4.78 is 117. The van der Waals surface area contributed by atoms with Gasteiger partial charge in [-0.05, 0) is 42.0 Å². The largest absolute Gasteiger partial charge is 0.483 e. The molecule has 0 fully saturated rings. The SMILES string of the molecule is CCS(=O)(=O)c1cc(-c2ccc(OS(C)(=O)=O)cc2)cnc1-c1nc2cc(S(=N)(=O)C(F)(F)F)ccc2o1. The van der Waals surface area contributed by atoms with Gasteiger partial charge in [0.2, 0.25) is 5.89 Å². The summed E-state index contributed by atoms with van der Waals surface area (Å²) in [5, 5.41) is 0. The molecule has 2 heterocycles. The second-order valence-electron chi connectivity index (χ2n) is 7.94. The van der Waals surface area contributed by atoms with E-state index in [1.54, 1.807) is 0 Å². The average molecular weight is 590 g/mol. The molecule has 0 aliphatic rings. The van der Waals surface area contributed by atoms with Crippen LogP contribution in [0.25, 0.3) is 33.8 Å². The van der Waals surface area contributed by atoms with Crippen molar-refractivity contribution in [1.82, 2.24) is 9.97 Å². The molecule has 38 heavy (non-hydrogen) atoms. The van der Waals surface area contributed by atoms with Gasteiger partial charge < -0.3 is 8.60 Å². The van der Waals surface area contributed by atoms with Gasteiger partial charge in [0.25, 0.3) is 0 Å². The zero-order chi connectivity index (χ0) is 28.1. The predicted octanol–water partition coefficient (Wildman–Crippen LogP) is 4.61. The van der Waals surface area contributed by atoms with Crippen LogP contribution in [0.3, 0.4) is 0 Å². The van der Waals surface area contributed by atoms with E-state index < -0.39 is 40.1 Å². The summed E-state index contributed by atoms with van der Waals surface area (Å²) in [6.07, 6.45) is 2.21. The molecule has 1 N–H and O–H groups in total. The van der Waals surface area contributed by atoms with Crippen LogP contribution in [-0.4, -0.2) is 48.5 Å². The first-order chi connectivity index (χ1) is 17.5. The summed E-state index contributed by atoms with van der Waals surface area (Å²) in [6.45, 7) is 1.41. The normalized spacial score (nSPS) is 14.3. The Morgan fingerprint density at radius 3 is 2.21 bits per heavy atom. The smallest absolute Gasteiger partial charge is 0.435 e. The van der Waals surface area contributed by atoms with Crippen LogP contribution < -0.4 is 4.18 Å². The van der Waals surface area contributed by atoms with Gasteiger partial charge in [-0.25, -0.2) is 27.4 Å². The maximum absolute atomic E-state index is 13.1. The van der Waals surface area contributed by atoms with E-state index in [0.29, 0.717) is 11.1 Å². The molecule has 0 bridgehead atoms. The van der Waals surface area contributed by atoms with Crippen LogP contribution in [0.2, 0.25) is 0 Å². The van der Waals surface area contributed by atoms with Crippen molar-refractivity contribution in [1.29, 1.82) is 4.78 Å². The highest BCUT2D eigenvalue weighted by molar-refractivity contribution is 7.93. The molecule has 4 rings (SSSR count). The van der Waals surface area contributed by atoms with Crippen LogP contribution in [0.1, 0.15) is 6.92 Å². The van der Waals surface area contributed by atoms with Gasteiger partial charge in [-0.3, -0.25) is 0 Å². The van der Waals surface area contributed by atoms with Crippen molar-refractivity contribution in [2.24, 2.45) is 0 Å². The number of hydrogen-bond donors (Lipinski definition) is 1. The standard InChI is InChI=1S/C22H18F3N3O7S3/c1-3-37(31,32)19-10-14(13-4-6-15(7-5-13)35-36(2,29)30)12-27-20(19)21-28-17-11-16(8-9-18(17)34-21)38(26,33)22(23,24)25/h4-12,26H,3H2,1-2H3. The molecule has 0 saturated heterocycles. The number of aromatic nitrogens is 2. The van der Waals surface area contributed by atoms with Crippen LogP contribution in [0.5, 0.6) is 5.75 Å². The lowest BCUT2D eigenvalue weighted by molar-refractivity contribution is -0.0406. The van der Waals surface area contributed by atoms with Crippen molar-refractivity contribution in [3.8, 4) is 28.5 Å². The van der Waals surface area contributed by atoms with Crippen molar-refractivity contribution < 1.29 is 42.8 Å². The minimum Gasteiger partial charge on any atom is -0.435 e. The Balaban J connectivity index is 1.81. The summed E-state index contributed by atoms with van der Waals surface area (Å²) in [7, 11) is -12.8. The Bertz CT molecular complexity index is 1870. The van der Waals surface area contributed by atoms with Crippen molar-refractivity contribution in [2.45, 2.75) is 22.2 Å². The first-order valence-electron chi connectivity index (χ1n) is 10.5. The van der Waals surface area contributed by atoms with Crippen molar-refractivity contribution in [3.05, 3.63) is 54.7 Å². The van der Waals surface area contributed by atoms with Crippen LogP contribution in [0.4, 0.5) is 13.2 Å². The Morgan fingerprint density at radius 1 is 0.974 bits per heavy atom. The zero-order valence-corrected chi connectivity index (χ0v) is 22.0. The fraction of sp³-hybridized carbons (Fsp3) is 0.182. The molecule has 202 valence electrons. The maximum Gasteiger partial charge on any atom is 0.483 e. The maximum atomic E-state index is 13.1. The van der Waals surface area contributed by atoms with Crippen LogP contribution in [0, 0.1) is 4.78 Å². The number of hydrogen-bond acceptors (Lipinski definition) is 10. The van der Waals surface area contributed by atoms with E-state index in [4.69, 9.17) is 13.4 Å². The molecule has 16 heteroatoms.